The van der Waals surface area contributed by atoms with E-state index in [4.69, 9.17) is 23.8 Å². The van der Waals surface area contributed by atoms with Gasteiger partial charge in [0.2, 0.25) is 0 Å². The Morgan fingerprint density at radius 3 is 1.90 bits per heavy atom. The van der Waals surface area contributed by atoms with Gasteiger partial charge in [-0.1, -0.05) is 109 Å². The Balaban J connectivity index is 1.05. The van der Waals surface area contributed by atoms with Crippen LogP contribution in [0.25, 0.3) is 111 Å². The number of pyridine rings is 1. The molecule has 0 amide bonds. The Kier molecular flexibility index (Phi) is 6.15. The van der Waals surface area contributed by atoms with Crippen molar-refractivity contribution in [2.45, 2.75) is 0 Å². The summed E-state index contributed by atoms with van der Waals surface area (Å²) in [5, 5.41) is 8.69. The first kappa shape index (κ1) is 28.6. The molecule has 4 heterocycles. The molecule has 0 aliphatic carbocycles. The van der Waals surface area contributed by atoms with Crippen LogP contribution >= 0.6 is 0 Å². The first-order valence-corrected chi connectivity index (χ1v) is 17.2. The van der Waals surface area contributed by atoms with E-state index in [-0.39, 0.29) is 0 Å². The molecule has 0 atom stereocenters. The fourth-order valence-corrected chi connectivity index (χ4v) is 7.58. The molecule has 11 aromatic rings. The zero-order valence-electron chi connectivity index (χ0n) is 27.6. The number of nitrogens with zero attached hydrogens (tertiary/aromatic N) is 4. The van der Waals surface area contributed by atoms with Gasteiger partial charge >= 0.3 is 0 Å². The minimum Gasteiger partial charge on any atom is -0.456 e. The summed E-state index contributed by atoms with van der Waals surface area (Å²) in [5.41, 5.74) is 8.40. The highest BCUT2D eigenvalue weighted by molar-refractivity contribution is 6.21. The van der Waals surface area contributed by atoms with Gasteiger partial charge in [0.25, 0.3) is 0 Å². The molecule has 0 N–H and O–H groups in total. The van der Waals surface area contributed by atoms with Crippen molar-refractivity contribution in [1.82, 2.24) is 19.9 Å². The second kappa shape index (κ2) is 11.2. The van der Waals surface area contributed by atoms with Crippen LogP contribution in [0.4, 0.5) is 0 Å². The third kappa shape index (κ3) is 4.44. The van der Waals surface area contributed by atoms with Crippen LogP contribution in [0.15, 0.2) is 167 Å². The third-order valence-electron chi connectivity index (χ3n) is 10.0. The van der Waals surface area contributed by atoms with Gasteiger partial charge in [-0.05, 0) is 69.1 Å². The van der Waals surface area contributed by atoms with E-state index in [9.17, 15) is 0 Å². The van der Waals surface area contributed by atoms with Crippen LogP contribution in [0.2, 0.25) is 0 Å². The van der Waals surface area contributed by atoms with E-state index >= 15 is 0 Å². The Morgan fingerprint density at radius 2 is 1.02 bits per heavy atom. The number of fused-ring (bicyclic) bond motifs is 9. The molecule has 0 aliphatic rings. The van der Waals surface area contributed by atoms with Gasteiger partial charge in [0.05, 0.1) is 0 Å². The van der Waals surface area contributed by atoms with Gasteiger partial charge in [0, 0.05) is 50.6 Å². The van der Waals surface area contributed by atoms with Crippen LogP contribution in [0.1, 0.15) is 0 Å². The lowest BCUT2D eigenvalue weighted by molar-refractivity contribution is 0.668. The first-order chi connectivity index (χ1) is 25.7. The van der Waals surface area contributed by atoms with Crippen molar-refractivity contribution in [3.63, 3.8) is 0 Å². The maximum Gasteiger partial charge on any atom is 0.164 e. The number of rotatable bonds is 4. The Hall–Kier alpha value is -7.18. The van der Waals surface area contributed by atoms with E-state index in [1.54, 1.807) is 6.20 Å². The third-order valence-corrected chi connectivity index (χ3v) is 10.0. The van der Waals surface area contributed by atoms with Crippen LogP contribution in [-0.4, -0.2) is 19.9 Å². The predicted molar refractivity (Wildman–Crippen MR) is 209 cm³/mol. The van der Waals surface area contributed by atoms with Crippen molar-refractivity contribution in [2.75, 3.05) is 0 Å². The van der Waals surface area contributed by atoms with Crippen LogP contribution < -0.4 is 0 Å². The molecular formula is C46H26N4O2. The molecular weight excluding hydrogens is 641 g/mol. The van der Waals surface area contributed by atoms with Crippen molar-refractivity contribution in [3.8, 4) is 45.3 Å². The topological polar surface area (TPSA) is 77.8 Å². The maximum atomic E-state index is 6.21. The normalized spacial score (nSPS) is 11.8. The van der Waals surface area contributed by atoms with Crippen molar-refractivity contribution in [3.05, 3.63) is 158 Å². The molecule has 0 aliphatic heterocycles. The van der Waals surface area contributed by atoms with E-state index in [2.05, 4.69) is 83.8 Å². The van der Waals surface area contributed by atoms with Gasteiger partial charge in [0.1, 0.15) is 22.3 Å². The van der Waals surface area contributed by atoms with Crippen molar-refractivity contribution < 1.29 is 8.83 Å². The molecule has 0 radical (unpaired) electrons. The summed E-state index contributed by atoms with van der Waals surface area (Å²) >= 11 is 0. The van der Waals surface area contributed by atoms with Gasteiger partial charge in [0.15, 0.2) is 17.5 Å². The highest BCUT2D eigenvalue weighted by atomic mass is 16.3. The molecule has 6 heteroatoms. The van der Waals surface area contributed by atoms with Gasteiger partial charge in [-0.25, -0.2) is 15.0 Å². The standard InChI is InChI=1S/C46H26N4O2/c1-2-8-27(9-3-1)44-48-45(50-46(49-44)36-13-7-15-40-43(36)35-10-4-5-14-38(35)51-40)31-19-17-28-24-30(18-16-29(28)25-31)32-11-6-12-34-33(32)20-21-41-42(34)37-26-47-23-22-39(37)52-41/h1-26H. The van der Waals surface area contributed by atoms with E-state index in [1.165, 1.54) is 10.9 Å². The second-order valence-corrected chi connectivity index (χ2v) is 13.0. The Morgan fingerprint density at radius 1 is 0.365 bits per heavy atom. The SMILES string of the molecule is c1ccc(-c2nc(-c3ccc4cc(-c5cccc6c5ccc5oc7ccncc7c56)ccc4c3)nc(-c3cccc4oc5ccccc5c34)n2)cc1. The molecule has 11 rings (SSSR count). The molecule has 0 saturated carbocycles. The monoisotopic (exact) mass is 666 g/mol. The molecule has 0 saturated heterocycles. The highest BCUT2D eigenvalue weighted by Gasteiger charge is 2.18. The quantitative estimate of drug-likeness (QED) is 0.186. The summed E-state index contributed by atoms with van der Waals surface area (Å²) in [7, 11) is 0. The van der Waals surface area contributed by atoms with Crippen LogP contribution in [0, 0.1) is 0 Å². The summed E-state index contributed by atoms with van der Waals surface area (Å²) in [6.45, 7) is 0. The fraction of sp³-hybridized carbons (Fsp3) is 0. The van der Waals surface area contributed by atoms with E-state index < -0.39 is 0 Å². The lowest BCUT2D eigenvalue weighted by Gasteiger charge is -2.11. The number of furan rings is 2. The van der Waals surface area contributed by atoms with Crippen molar-refractivity contribution >= 4 is 65.4 Å². The smallest absolute Gasteiger partial charge is 0.164 e. The van der Waals surface area contributed by atoms with E-state index in [0.717, 1.165) is 82.3 Å². The van der Waals surface area contributed by atoms with Crippen molar-refractivity contribution in [1.29, 1.82) is 0 Å². The second-order valence-electron chi connectivity index (χ2n) is 13.0. The molecule has 0 unspecified atom stereocenters. The molecule has 242 valence electrons. The number of hydrogen-bond donors (Lipinski definition) is 0. The molecule has 7 aromatic carbocycles. The predicted octanol–water partition coefficient (Wildman–Crippen LogP) is 12.0. The Bertz CT molecular complexity index is 3200. The molecule has 52 heavy (non-hydrogen) atoms. The average molecular weight is 667 g/mol. The minimum atomic E-state index is 0.600. The number of benzene rings is 7. The molecule has 0 bridgehead atoms. The van der Waals surface area contributed by atoms with Gasteiger partial charge in [-0.15, -0.1) is 0 Å². The van der Waals surface area contributed by atoms with Gasteiger partial charge in [-0.3, -0.25) is 4.98 Å². The summed E-state index contributed by atoms with van der Waals surface area (Å²) in [4.78, 5) is 19.5. The molecule has 4 aromatic heterocycles. The summed E-state index contributed by atoms with van der Waals surface area (Å²) < 4.78 is 12.4. The minimum absolute atomic E-state index is 0.600. The molecule has 6 nitrogen and oxygen atoms in total. The average Bonchev–Trinajstić information content (AvgIpc) is 3.79. The summed E-state index contributed by atoms with van der Waals surface area (Å²) in [6, 6.07) is 49.9. The highest BCUT2D eigenvalue weighted by Crippen LogP contribution is 2.40. The lowest BCUT2D eigenvalue weighted by atomic mass is 9.94. The Labute approximate surface area is 296 Å². The van der Waals surface area contributed by atoms with E-state index in [1.807, 2.05) is 72.9 Å². The van der Waals surface area contributed by atoms with Gasteiger partial charge < -0.3 is 8.83 Å². The lowest BCUT2D eigenvalue weighted by Crippen LogP contribution is -2.00. The number of para-hydroxylation sites is 1. The summed E-state index contributed by atoms with van der Waals surface area (Å²) in [5.74, 6) is 1.83. The maximum absolute atomic E-state index is 6.21. The van der Waals surface area contributed by atoms with Crippen LogP contribution in [-0.2, 0) is 0 Å². The summed E-state index contributed by atoms with van der Waals surface area (Å²) in [6.07, 6.45) is 3.66. The molecule has 0 fully saturated rings. The zero-order valence-corrected chi connectivity index (χ0v) is 27.6. The van der Waals surface area contributed by atoms with E-state index in [0.29, 0.717) is 17.5 Å². The van der Waals surface area contributed by atoms with Gasteiger partial charge in [-0.2, -0.15) is 0 Å². The first-order valence-electron chi connectivity index (χ1n) is 17.2. The van der Waals surface area contributed by atoms with Crippen LogP contribution in [0.3, 0.4) is 0 Å². The zero-order chi connectivity index (χ0) is 34.2. The largest absolute Gasteiger partial charge is 0.456 e. The fourth-order valence-electron chi connectivity index (χ4n) is 7.58. The van der Waals surface area contributed by atoms with Crippen molar-refractivity contribution in [2.24, 2.45) is 0 Å². The number of aromatic nitrogens is 4. The number of hydrogen-bond acceptors (Lipinski definition) is 6. The van der Waals surface area contributed by atoms with Crippen LogP contribution in [0.5, 0.6) is 0 Å². The molecule has 0 spiro atoms.